The smallest absolute Gasteiger partial charge is 0.268 e. The summed E-state index contributed by atoms with van der Waals surface area (Å²) in [5, 5.41) is 6.81. The average molecular weight is 392 g/mol. The molecule has 8 nitrogen and oxygen atoms in total. The highest BCUT2D eigenvalue weighted by molar-refractivity contribution is 6.05. The summed E-state index contributed by atoms with van der Waals surface area (Å²) < 4.78 is 11.0. The highest BCUT2D eigenvalue weighted by Crippen LogP contribution is 2.37. The third-order valence-electron chi connectivity index (χ3n) is 4.87. The number of nitrogens with zero attached hydrogens (tertiary/aromatic N) is 3. The van der Waals surface area contributed by atoms with Crippen molar-refractivity contribution in [3.8, 4) is 5.75 Å². The van der Waals surface area contributed by atoms with Crippen molar-refractivity contribution in [3.05, 3.63) is 65.3 Å². The van der Waals surface area contributed by atoms with Crippen LogP contribution >= 0.6 is 0 Å². The van der Waals surface area contributed by atoms with Crippen LogP contribution in [0.2, 0.25) is 0 Å². The summed E-state index contributed by atoms with van der Waals surface area (Å²) in [6, 6.07) is 8.49. The number of carbonyl (C=O) groups is 2. The van der Waals surface area contributed by atoms with E-state index in [9.17, 15) is 9.59 Å². The highest BCUT2D eigenvalue weighted by Gasteiger charge is 2.33. The number of hydrogen-bond acceptors (Lipinski definition) is 6. The van der Waals surface area contributed by atoms with Crippen LogP contribution in [0.1, 0.15) is 34.3 Å². The first-order valence-electron chi connectivity index (χ1n) is 9.19. The van der Waals surface area contributed by atoms with Crippen molar-refractivity contribution in [1.82, 2.24) is 10.1 Å². The number of hydrogen-bond donors (Lipinski definition) is 1. The fourth-order valence-electron chi connectivity index (χ4n) is 3.24. The minimum absolute atomic E-state index is 0.171. The summed E-state index contributed by atoms with van der Waals surface area (Å²) in [7, 11) is 0. The molecule has 0 radical (unpaired) electrons. The number of pyridine rings is 1. The standard InChI is InChI=1S/C21H20N4O4/c1-12-17(13(2)29-24-12)11-25-18-10-16(4-5-19(18)28-14(3)21(25)27)23-20(26)15-6-8-22-9-7-15/h4-10,14H,11H2,1-3H3,(H,23,26)/t14-/m0/s1. The normalized spacial score (nSPS) is 15.6. The van der Waals surface area contributed by atoms with Gasteiger partial charge in [0.2, 0.25) is 0 Å². The highest BCUT2D eigenvalue weighted by atomic mass is 16.5. The summed E-state index contributed by atoms with van der Waals surface area (Å²) in [6.45, 7) is 5.68. The fourth-order valence-corrected chi connectivity index (χ4v) is 3.24. The van der Waals surface area contributed by atoms with Crippen LogP contribution in [-0.4, -0.2) is 28.1 Å². The van der Waals surface area contributed by atoms with E-state index in [1.54, 1.807) is 54.5 Å². The lowest BCUT2D eigenvalue weighted by Crippen LogP contribution is -2.44. The van der Waals surface area contributed by atoms with Gasteiger partial charge in [-0.1, -0.05) is 5.16 Å². The van der Waals surface area contributed by atoms with Crippen LogP contribution in [-0.2, 0) is 11.3 Å². The van der Waals surface area contributed by atoms with Crippen LogP contribution in [0, 0.1) is 13.8 Å². The van der Waals surface area contributed by atoms with Gasteiger partial charge in [0.05, 0.1) is 17.9 Å². The van der Waals surface area contributed by atoms with Crippen molar-refractivity contribution in [2.24, 2.45) is 0 Å². The molecule has 8 heteroatoms. The number of carbonyl (C=O) groups excluding carboxylic acids is 2. The summed E-state index contributed by atoms with van der Waals surface area (Å²) in [5.41, 5.74) is 3.22. The molecule has 1 N–H and O–H groups in total. The van der Waals surface area contributed by atoms with Gasteiger partial charge in [0.25, 0.3) is 11.8 Å². The van der Waals surface area contributed by atoms with Crippen molar-refractivity contribution in [3.63, 3.8) is 0 Å². The number of ether oxygens (including phenoxy) is 1. The van der Waals surface area contributed by atoms with Gasteiger partial charge in [0, 0.05) is 29.2 Å². The zero-order valence-electron chi connectivity index (χ0n) is 16.3. The largest absolute Gasteiger partial charge is 0.479 e. The average Bonchev–Trinajstić information content (AvgIpc) is 3.04. The molecule has 0 bridgehead atoms. The first-order chi connectivity index (χ1) is 13.9. The van der Waals surface area contributed by atoms with E-state index in [4.69, 9.17) is 9.26 Å². The monoisotopic (exact) mass is 392 g/mol. The molecular weight excluding hydrogens is 372 g/mol. The zero-order valence-corrected chi connectivity index (χ0v) is 16.3. The molecule has 3 heterocycles. The number of rotatable bonds is 4. The first-order valence-corrected chi connectivity index (χ1v) is 9.19. The van der Waals surface area contributed by atoms with Gasteiger partial charge < -0.3 is 19.5 Å². The number of aromatic nitrogens is 2. The number of amides is 2. The molecule has 29 heavy (non-hydrogen) atoms. The van der Waals surface area contributed by atoms with Crippen molar-refractivity contribution in [1.29, 1.82) is 0 Å². The van der Waals surface area contributed by atoms with Crippen LogP contribution in [0.5, 0.6) is 5.75 Å². The van der Waals surface area contributed by atoms with Crippen LogP contribution in [0.25, 0.3) is 0 Å². The second-order valence-corrected chi connectivity index (χ2v) is 6.86. The molecule has 1 atom stereocenters. The minimum Gasteiger partial charge on any atom is -0.479 e. The Morgan fingerprint density at radius 3 is 2.66 bits per heavy atom. The Morgan fingerprint density at radius 1 is 1.21 bits per heavy atom. The van der Waals surface area contributed by atoms with Gasteiger partial charge in [-0.2, -0.15) is 0 Å². The third kappa shape index (κ3) is 3.56. The molecule has 0 spiro atoms. The van der Waals surface area contributed by atoms with Crippen LogP contribution in [0.3, 0.4) is 0 Å². The molecule has 0 unspecified atom stereocenters. The molecular formula is C21H20N4O4. The first kappa shape index (κ1) is 18.7. The van der Waals surface area contributed by atoms with Crippen LogP contribution in [0.4, 0.5) is 11.4 Å². The molecule has 0 saturated carbocycles. The van der Waals surface area contributed by atoms with Crippen molar-refractivity contribution >= 4 is 23.2 Å². The molecule has 0 fully saturated rings. The quantitative estimate of drug-likeness (QED) is 0.732. The molecule has 2 aromatic heterocycles. The lowest BCUT2D eigenvalue weighted by molar-refractivity contribution is -0.125. The van der Waals surface area contributed by atoms with E-state index in [1.807, 2.05) is 13.8 Å². The number of benzene rings is 1. The summed E-state index contributed by atoms with van der Waals surface area (Å²) in [4.78, 5) is 30.9. The maximum atomic E-state index is 12.8. The van der Waals surface area contributed by atoms with Crippen LogP contribution in [0.15, 0.2) is 47.2 Å². The van der Waals surface area contributed by atoms with Gasteiger partial charge in [-0.15, -0.1) is 0 Å². The third-order valence-corrected chi connectivity index (χ3v) is 4.87. The van der Waals surface area contributed by atoms with Crippen LogP contribution < -0.4 is 15.0 Å². The number of fused-ring (bicyclic) bond motifs is 1. The molecule has 0 aliphatic carbocycles. The molecule has 1 aliphatic rings. The number of anilines is 2. The zero-order chi connectivity index (χ0) is 20.5. The Hall–Kier alpha value is -3.68. The Labute approximate surface area is 167 Å². The van der Waals surface area contributed by atoms with E-state index in [-0.39, 0.29) is 11.8 Å². The topological polar surface area (TPSA) is 97.6 Å². The maximum absolute atomic E-state index is 12.8. The van der Waals surface area contributed by atoms with Gasteiger partial charge in [-0.25, -0.2) is 0 Å². The van der Waals surface area contributed by atoms with E-state index in [0.717, 1.165) is 11.3 Å². The van der Waals surface area contributed by atoms with Crippen molar-refractivity contribution in [2.75, 3.05) is 10.2 Å². The second kappa shape index (κ2) is 7.38. The van der Waals surface area contributed by atoms with E-state index in [0.29, 0.717) is 35.0 Å². The van der Waals surface area contributed by atoms with E-state index < -0.39 is 6.10 Å². The van der Waals surface area contributed by atoms with E-state index in [1.165, 1.54) is 0 Å². The molecule has 148 valence electrons. The fraction of sp³-hybridized carbons (Fsp3) is 0.238. The Bertz CT molecular complexity index is 1060. The van der Waals surface area contributed by atoms with Gasteiger partial charge in [0.1, 0.15) is 11.5 Å². The number of nitrogens with one attached hydrogen (secondary N) is 1. The van der Waals surface area contributed by atoms with Gasteiger partial charge in [0.15, 0.2) is 6.10 Å². The molecule has 1 aliphatic heterocycles. The lowest BCUT2D eigenvalue weighted by Gasteiger charge is -2.33. The van der Waals surface area contributed by atoms with E-state index in [2.05, 4.69) is 15.5 Å². The molecule has 0 saturated heterocycles. The summed E-state index contributed by atoms with van der Waals surface area (Å²) in [6.07, 6.45) is 2.50. The molecule has 2 amide bonds. The lowest BCUT2D eigenvalue weighted by atomic mass is 10.1. The summed E-state index contributed by atoms with van der Waals surface area (Å²) in [5.74, 6) is 0.806. The second-order valence-electron chi connectivity index (χ2n) is 6.86. The van der Waals surface area contributed by atoms with Crippen molar-refractivity contribution < 1.29 is 18.8 Å². The number of aryl methyl sites for hydroxylation is 2. The van der Waals surface area contributed by atoms with Gasteiger partial charge in [-0.3, -0.25) is 14.6 Å². The van der Waals surface area contributed by atoms with Gasteiger partial charge >= 0.3 is 0 Å². The predicted octanol–water partition coefficient (Wildman–Crippen LogP) is 3.25. The molecule has 3 aromatic rings. The summed E-state index contributed by atoms with van der Waals surface area (Å²) >= 11 is 0. The predicted molar refractivity (Wildman–Crippen MR) is 106 cm³/mol. The molecule has 1 aromatic carbocycles. The maximum Gasteiger partial charge on any atom is 0.268 e. The Morgan fingerprint density at radius 2 is 1.97 bits per heavy atom. The van der Waals surface area contributed by atoms with E-state index >= 15 is 0 Å². The minimum atomic E-state index is -0.611. The molecule has 4 rings (SSSR count). The Kier molecular flexibility index (Phi) is 4.75. The Balaban J connectivity index is 1.66. The SMILES string of the molecule is Cc1noc(C)c1CN1C(=O)[C@H](C)Oc2ccc(NC(=O)c3ccncc3)cc21. The van der Waals surface area contributed by atoms with Gasteiger partial charge in [-0.05, 0) is 51.1 Å². The van der Waals surface area contributed by atoms with Crippen molar-refractivity contribution in [2.45, 2.75) is 33.4 Å².